The number of alkyl halides is 1. The van der Waals surface area contributed by atoms with Gasteiger partial charge in [0.05, 0.1) is 0 Å². The molecule has 1 unspecified atom stereocenters. The lowest BCUT2D eigenvalue weighted by molar-refractivity contribution is -0.142. The topological polar surface area (TPSA) is 37.3 Å². The van der Waals surface area contributed by atoms with E-state index < -0.39 is 18.0 Å². The van der Waals surface area contributed by atoms with E-state index in [9.17, 15) is 13.6 Å². The molecule has 0 aromatic heterocycles. The third-order valence-corrected chi connectivity index (χ3v) is 2.06. The zero-order valence-corrected chi connectivity index (χ0v) is 8.59. The predicted molar refractivity (Wildman–Crippen MR) is 50.3 cm³/mol. The normalized spacial score (nSPS) is 12.5. The van der Waals surface area contributed by atoms with Gasteiger partial charge in [-0.3, -0.25) is 0 Å². The van der Waals surface area contributed by atoms with Crippen LogP contribution in [0.1, 0.15) is 5.56 Å². The Labute approximate surface area is 87.7 Å². The van der Waals surface area contributed by atoms with Gasteiger partial charge in [-0.2, -0.15) is 0 Å². The number of benzene rings is 1. The molecule has 0 fully saturated rings. The van der Waals surface area contributed by atoms with E-state index in [1.807, 2.05) is 0 Å². The summed E-state index contributed by atoms with van der Waals surface area (Å²) in [5, 5.41) is 8.30. The van der Waals surface area contributed by atoms with Gasteiger partial charge in [-0.25, -0.2) is 13.6 Å². The molecular formula is C9H7BrF2O2. The van der Waals surface area contributed by atoms with E-state index in [2.05, 4.69) is 15.9 Å². The van der Waals surface area contributed by atoms with Crippen molar-refractivity contribution >= 4 is 21.9 Å². The molecule has 5 heteroatoms. The first kappa shape index (κ1) is 11.1. The standard InChI is InChI=1S/C9H7BrF2O2/c10-6-1-5(2-7(11)4-6)3-8(12)9(13)14/h1-2,4,8H,3H2,(H,13,14). The van der Waals surface area contributed by atoms with Crippen LogP contribution in [-0.2, 0) is 11.2 Å². The molecule has 14 heavy (non-hydrogen) atoms. The van der Waals surface area contributed by atoms with Crippen molar-refractivity contribution in [3.63, 3.8) is 0 Å². The summed E-state index contributed by atoms with van der Waals surface area (Å²) in [7, 11) is 0. The maximum Gasteiger partial charge on any atom is 0.338 e. The molecule has 0 saturated heterocycles. The van der Waals surface area contributed by atoms with Crippen molar-refractivity contribution in [3.8, 4) is 0 Å². The first-order valence-electron chi connectivity index (χ1n) is 3.81. The Morgan fingerprint density at radius 1 is 1.50 bits per heavy atom. The molecule has 0 radical (unpaired) electrons. The molecule has 0 heterocycles. The Morgan fingerprint density at radius 3 is 2.64 bits per heavy atom. The van der Waals surface area contributed by atoms with Crippen LogP contribution >= 0.6 is 15.9 Å². The van der Waals surface area contributed by atoms with Crippen LogP contribution in [-0.4, -0.2) is 17.2 Å². The van der Waals surface area contributed by atoms with E-state index in [0.717, 1.165) is 6.07 Å². The molecule has 76 valence electrons. The molecule has 0 amide bonds. The monoisotopic (exact) mass is 264 g/mol. The van der Waals surface area contributed by atoms with Crippen LogP contribution in [0.5, 0.6) is 0 Å². The molecule has 0 aliphatic rings. The summed E-state index contributed by atoms with van der Waals surface area (Å²) in [6, 6.07) is 3.82. The van der Waals surface area contributed by atoms with Crippen LogP contribution in [0.3, 0.4) is 0 Å². The first-order valence-corrected chi connectivity index (χ1v) is 4.60. The number of aliphatic carboxylic acids is 1. The minimum atomic E-state index is -2.00. The summed E-state index contributed by atoms with van der Waals surface area (Å²) >= 11 is 3.03. The van der Waals surface area contributed by atoms with E-state index in [4.69, 9.17) is 5.11 Å². The van der Waals surface area contributed by atoms with E-state index >= 15 is 0 Å². The second-order valence-electron chi connectivity index (χ2n) is 2.79. The van der Waals surface area contributed by atoms with Crippen LogP contribution in [0.2, 0.25) is 0 Å². The summed E-state index contributed by atoms with van der Waals surface area (Å²) < 4.78 is 26.0. The molecule has 1 atom stereocenters. The van der Waals surface area contributed by atoms with Gasteiger partial charge >= 0.3 is 5.97 Å². The van der Waals surface area contributed by atoms with E-state index in [-0.39, 0.29) is 6.42 Å². The van der Waals surface area contributed by atoms with Crippen molar-refractivity contribution < 1.29 is 18.7 Å². The number of hydrogen-bond donors (Lipinski definition) is 1. The van der Waals surface area contributed by atoms with Gasteiger partial charge in [0.1, 0.15) is 5.82 Å². The Balaban J connectivity index is 2.81. The van der Waals surface area contributed by atoms with Gasteiger partial charge in [0.2, 0.25) is 6.17 Å². The van der Waals surface area contributed by atoms with Crippen LogP contribution in [0, 0.1) is 5.82 Å². The highest BCUT2D eigenvalue weighted by atomic mass is 79.9. The predicted octanol–water partition coefficient (Wildman–Crippen LogP) is 2.55. The molecule has 1 rings (SSSR count). The second kappa shape index (κ2) is 4.50. The van der Waals surface area contributed by atoms with Crippen LogP contribution in [0.25, 0.3) is 0 Å². The van der Waals surface area contributed by atoms with Crippen molar-refractivity contribution in [3.05, 3.63) is 34.1 Å². The highest BCUT2D eigenvalue weighted by Crippen LogP contribution is 2.16. The van der Waals surface area contributed by atoms with Gasteiger partial charge in [-0.05, 0) is 23.8 Å². The highest BCUT2D eigenvalue weighted by molar-refractivity contribution is 9.10. The lowest BCUT2D eigenvalue weighted by atomic mass is 10.1. The molecule has 0 bridgehead atoms. The molecule has 0 aliphatic carbocycles. The summed E-state index contributed by atoms with van der Waals surface area (Å²) in [5.74, 6) is -2.06. The summed E-state index contributed by atoms with van der Waals surface area (Å²) in [5.41, 5.74) is 0.312. The highest BCUT2D eigenvalue weighted by Gasteiger charge is 2.16. The van der Waals surface area contributed by atoms with Crippen LogP contribution in [0.4, 0.5) is 8.78 Å². The van der Waals surface area contributed by atoms with Gasteiger partial charge in [0.25, 0.3) is 0 Å². The molecule has 0 spiro atoms. The largest absolute Gasteiger partial charge is 0.479 e. The Hall–Kier alpha value is -0.970. The van der Waals surface area contributed by atoms with E-state index in [1.54, 1.807) is 0 Å². The molecule has 0 aliphatic heterocycles. The van der Waals surface area contributed by atoms with Crippen LogP contribution < -0.4 is 0 Å². The lowest BCUT2D eigenvalue weighted by Crippen LogP contribution is -2.17. The molecule has 2 nitrogen and oxygen atoms in total. The van der Waals surface area contributed by atoms with Gasteiger partial charge in [-0.15, -0.1) is 0 Å². The summed E-state index contributed by atoms with van der Waals surface area (Å²) in [6.07, 6.45) is -2.32. The van der Waals surface area contributed by atoms with Gasteiger partial charge < -0.3 is 5.11 Å². The Bertz CT molecular complexity index is 334. The van der Waals surface area contributed by atoms with Crippen molar-refractivity contribution in [1.29, 1.82) is 0 Å². The number of rotatable bonds is 3. The molecule has 0 saturated carbocycles. The third-order valence-electron chi connectivity index (χ3n) is 1.61. The number of halogens is 3. The fourth-order valence-electron chi connectivity index (χ4n) is 1.02. The van der Waals surface area contributed by atoms with Gasteiger partial charge in [0, 0.05) is 10.9 Å². The number of carbonyl (C=O) groups is 1. The number of carboxylic acid groups (broad SMARTS) is 1. The van der Waals surface area contributed by atoms with Crippen molar-refractivity contribution in [1.82, 2.24) is 0 Å². The van der Waals surface area contributed by atoms with Crippen molar-refractivity contribution in [2.75, 3.05) is 0 Å². The summed E-state index contributed by atoms with van der Waals surface area (Å²) in [6.45, 7) is 0. The van der Waals surface area contributed by atoms with E-state index in [0.29, 0.717) is 10.0 Å². The Kier molecular flexibility index (Phi) is 3.57. The minimum Gasteiger partial charge on any atom is -0.479 e. The second-order valence-corrected chi connectivity index (χ2v) is 3.70. The van der Waals surface area contributed by atoms with Crippen molar-refractivity contribution in [2.24, 2.45) is 0 Å². The lowest BCUT2D eigenvalue weighted by Gasteiger charge is -2.04. The molecule has 1 N–H and O–H groups in total. The third kappa shape index (κ3) is 3.06. The maximum absolute atomic E-state index is 12.8. The average Bonchev–Trinajstić information content (AvgIpc) is 2.01. The van der Waals surface area contributed by atoms with Crippen LogP contribution in [0.15, 0.2) is 22.7 Å². The smallest absolute Gasteiger partial charge is 0.338 e. The fourth-order valence-corrected chi connectivity index (χ4v) is 1.54. The maximum atomic E-state index is 12.8. The Morgan fingerprint density at radius 2 is 2.14 bits per heavy atom. The van der Waals surface area contributed by atoms with Gasteiger partial charge in [0.15, 0.2) is 0 Å². The van der Waals surface area contributed by atoms with Crippen molar-refractivity contribution in [2.45, 2.75) is 12.6 Å². The number of carboxylic acids is 1. The fraction of sp³-hybridized carbons (Fsp3) is 0.222. The molecular weight excluding hydrogens is 258 g/mol. The summed E-state index contributed by atoms with van der Waals surface area (Å²) in [4.78, 5) is 10.2. The SMILES string of the molecule is O=C(O)C(F)Cc1cc(F)cc(Br)c1. The first-order chi connectivity index (χ1) is 6.49. The molecule has 1 aromatic carbocycles. The minimum absolute atomic E-state index is 0.312. The average molecular weight is 265 g/mol. The number of hydrogen-bond acceptors (Lipinski definition) is 1. The van der Waals surface area contributed by atoms with Gasteiger partial charge in [-0.1, -0.05) is 15.9 Å². The van der Waals surface area contributed by atoms with E-state index in [1.165, 1.54) is 12.1 Å². The quantitative estimate of drug-likeness (QED) is 0.911. The zero-order valence-electron chi connectivity index (χ0n) is 7.01. The zero-order chi connectivity index (χ0) is 10.7. The molecule has 1 aromatic rings.